The Bertz CT molecular complexity index is 612. The Hall–Kier alpha value is -0.352. The van der Waals surface area contributed by atoms with Gasteiger partial charge in [-0.1, -0.05) is 19.3 Å². The minimum Gasteiger partial charge on any atom is -0.0533 e. The predicted octanol–water partition coefficient (Wildman–Crippen LogP) is 1.38. The fourth-order valence-corrected chi connectivity index (χ4v) is 6.87. The third-order valence-corrected chi connectivity index (χ3v) is 10.4. The molecule has 0 radical (unpaired) electrons. The van der Waals surface area contributed by atoms with Gasteiger partial charge < -0.3 is 0 Å². The number of likely N-dealkylation sites (tertiary alicyclic amines) is 1. The molecule has 9 heteroatoms. The van der Waals surface area contributed by atoms with Crippen molar-refractivity contribution < 1.29 is 24.2 Å². The first kappa shape index (κ1) is 24.9. The molecule has 2 aliphatic rings. The monoisotopic (exact) mass is 492 g/mol. The van der Waals surface area contributed by atoms with Crippen LogP contribution in [0.25, 0.3) is 0 Å². The third-order valence-electron chi connectivity index (χ3n) is 6.12. The molecule has 5 atom stereocenters. The van der Waals surface area contributed by atoms with Crippen LogP contribution in [0.2, 0.25) is 4.71 Å². The topological polar surface area (TPSA) is 107 Å². The third kappa shape index (κ3) is 7.69. The molecular weight excluding hydrogens is 454 g/mol. The second-order valence-electron chi connectivity index (χ2n) is 9.07. The zero-order chi connectivity index (χ0) is 21.6. The molecule has 0 spiro atoms. The van der Waals surface area contributed by atoms with E-state index >= 15 is 0 Å². The molecule has 1 aliphatic heterocycles. The molecule has 1 saturated heterocycles. The van der Waals surface area contributed by atoms with Crippen LogP contribution in [-0.2, 0) is 14.2 Å². The molecule has 0 aromatic carbocycles. The summed E-state index contributed by atoms with van der Waals surface area (Å²) in [6, 6.07) is -0.505. The summed E-state index contributed by atoms with van der Waals surface area (Å²) in [6.45, 7) is 4.54. The Morgan fingerprint density at radius 2 is 1.83 bits per heavy atom. The van der Waals surface area contributed by atoms with Crippen LogP contribution in [0, 0.1) is 11.8 Å². The van der Waals surface area contributed by atoms with E-state index in [0.717, 1.165) is 32.1 Å². The first-order chi connectivity index (χ1) is 13.6. The molecule has 168 valence electrons. The number of carbonyl (C=O) groups is 2. The quantitative estimate of drug-likeness (QED) is 0.333. The smallest absolute Gasteiger partial charge is 0.0533 e. The van der Waals surface area contributed by atoms with Crippen LogP contribution in [0.5, 0.6) is 0 Å². The summed E-state index contributed by atoms with van der Waals surface area (Å²) in [4.78, 5) is 37.2. The van der Waals surface area contributed by atoms with E-state index in [1.807, 2.05) is 13.8 Å². The van der Waals surface area contributed by atoms with Crippen LogP contribution in [0.1, 0.15) is 58.8 Å². The van der Waals surface area contributed by atoms with Gasteiger partial charge in [0.15, 0.2) is 0 Å². The van der Waals surface area contributed by atoms with Gasteiger partial charge in [0.05, 0.1) is 0 Å². The van der Waals surface area contributed by atoms with Crippen molar-refractivity contribution in [1.29, 1.82) is 0 Å². The number of rotatable bonds is 9. The molecule has 1 saturated carbocycles. The average molecular weight is 492 g/mol. The number of carbonyl (C=O) groups excluding carboxylic acids is 2. The van der Waals surface area contributed by atoms with Gasteiger partial charge in [0.1, 0.15) is 0 Å². The van der Waals surface area contributed by atoms with Crippen molar-refractivity contribution in [1.82, 2.24) is 10.2 Å². The molecule has 1 heterocycles. The van der Waals surface area contributed by atoms with E-state index in [2.05, 4.69) is 5.32 Å². The van der Waals surface area contributed by atoms with Gasteiger partial charge in [0.25, 0.3) is 0 Å². The summed E-state index contributed by atoms with van der Waals surface area (Å²) >= 11 is 1.38. The molecule has 7 nitrogen and oxygen atoms in total. The molecule has 1 aliphatic carbocycles. The number of aliphatic hydroxyl groups is 1. The van der Waals surface area contributed by atoms with Crippen molar-refractivity contribution in [3.63, 3.8) is 0 Å². The number of nitrogens with one attached hydrogen (secondary N) is 1. The van der Waals surface area contributed by atoms with Crippen LogP contribution in [-0.4, -0.2) is 81.1 Å². The molecule has 0 bridgehead atoms. The van der Waals surface area contributed by atoms with E-state index in [9.17, 15) is 24.2 Å². The Morgan fingerprint density at radius 3 is 2.45 bits per heavy atom. The summed E-state index contributed by atoms with van der Waals surface area (Å²) in [5.41, 5.74) is 0. The Kier molecular flexibility index (Phi) is 9.72. The SMILES string of the molecule is CC(C)[C@H]([AsH2])C(=O)N1CCC[C@H]1C(=O)NC[C@H](O)CP(=O)(O)CC1CCCCC1. The Balaban J connectivity index is 1.81. The van der Waals surface area contributed by atoms with Gasteiger partial charge in [-0.2, -0.15) is 0 Å². The minimum atomic E-state index is -3.42. The van der Waals surface area contributed by atoms with Crippen LogP contribution < -0.4 is 5.32 Å². The zero-order valence-electron chi connectivity index (χ0n) is 17.8. The van der Waals surface area contributed by atoms with Crippen molar-refractivity contribution in [2.24, 2.45) is 11.8 Å². The van der Waals surface area contributed by atoms with Crippen molar-refractivity contribution in [3.05, 3.63) is 0 Å². The first-order valence-corrected chi connectivity index (χ1v) is 14.4. The van der Waals surface area contributed by atoms with E-state index in [-0.39, 0.29) is 47.2 Å². The van der Waals surface area contributed by atoms with Crippen molar-refractivity contribution in [2.45, 2.75) is 75.6 Å². The second kappa shape index (κ2) is 11.3. The van der Waals surface area contributed by atoms with Crippen LogP contribution in [0.3, 0.4) is 0 Å². The van der Waals surface area contributed by atoms with Gasteiger partial charge in [0.2, 0.25) is 0 Å². The molecule has 2 unspecified atom stereocenters. The summed E-state index contributed by atoms with van der Waals surface area (Å²) in [6.07, 6.45) is 5.80. The second-order valence-corrected chi connectivity index (χ2v) is 13.0. The first-order valence-electron chi connectivity index (χ1n) is 10.9. The summed E-state index contributed by atoms with van der Waals surface area (Å²) in [7, 11) is -3.42. The number of amides is 2. The average Bonchev–Trinajstić information content (AvgIpc) is 3.14. The molecule has 2 fully saturated rings. The van der Waals surface area contributed by atoms with Crippen molar-refractivity contribution >= 4 is 36.0 Å². The molecular formula is C20H38AsN2O5P. The standard InChI is InChI=1S/C20H38AsN2O5P/c1-14(2)18(21)20(26)23-10-6-9-17(23)19(25)22-11-16(24)13-29(27,28)12-15-7-4-3-5-8-15/h14-18,24H,3-13,21H2,1-2H3,(H,22,25)(H,27,28)/t16-,17-,18-/m0/s1. The van der Waals surface area contributed by atoms with Crippen LogP contribution in [0.15, 0.2) is 0 Å². The van der Waals surface area contributed by atoms with Gasteiger partial charge in [-0.3, -0.25) is 0 Å². The Morgan fingerprint density at radius 1 is 1.17 bits per heavy atom. The number of nitrogens with zero attached hydrogens (tertiary/aromatic N) is 1. The van der Waals surface area contributed by atoms with Crippen molar-refractivity contribution in [3.8, 4) is 0 Å². The van der Waals surface area contributed by atoms with Gasteiger partial charge in [-0.05, 0) is 12.8 Å². The van der Waals surface area contributed by atoms with E-state index in [0.29, 0.717) is 13.0 Å². The van der Waals surface area contributed by atoms with Crippen LogP contribution in [0.4, 0.5) is 0 Å². The predicted molar refractivity (Wildman–Crippen MR) is 117 cm³/mol. The van der Waals surface area contributed by atoms with Crippen molar-refractivity contribution in [2.75, 3.05) is 25.4 Å². The van der Waals surface area contributed by atoms with Gasteiger partial charge in [-0.15, -0.1) is 0 Å². The fraction of sp³-hybridized carbons (Fsp3) is 0.900. The maximum atomic E-state index is 12.7. The molecule has 2 amide bonds. The Labute approximate surface area is 183 Å². The number of aliphatic hydroxyl groups excluding tert-OH is 1. The number of hydrogen-bond donors (Lipinski definition) is 3. The zero-order valence-corrected chi connectivity index (χ0v) is 21.1. The molecule has 0 aromatic rings. The van der Waals surface area contributed by atoms with E-state index in [1.54, 1.807) is 4.90 Å². The fourth-order valence-electron chi connectivity index (χ4n) is 4.36. The molecule has 3 N–H and O–H groups in total. The molecule has 2 rings (SSSR count). The van der Waals surface area contributed by atoms with E-state index < -0.39 is 19.5 Å². The summed E-state index contributed by atoms with van der Waals surface area (Å²) < 4.78 is 12.4. The van der Waals surface area contributed by atoms with E-state index in [4.69, 9.17) is 0 Å². The molecule has 0 aromatic heterocycles. The van der Waals surface area contributed by atoms with Crippen LogP contribution >= 0.6 is 7.37 Å². The number of hydrogen-bond acceptors (Lipinski definition) is 4. The summed E-state index contributed by atoms with van der Waals surface area (Å²) in [5.74, 6) is 0.240. The van der Waals surface area contributed by atoms with Gasteiger partial charge in [0, 0.05) is 0 Å². The van der Waals surface area contributed by atoms with Gasteiger partial charge in [-0.25, -0.2) is 0 Å². The summed E-state index contributed by atoms with van der Waals surface area (Å²) in [5, 5.41) is 12.9. The van der Waals surface area contributed by atoms with Gasteiger partial charge >= 0.3 is 151 Å². The maximum absolute atomic E-state index is 12.7. The van der Waals surface area contributed by atoms with E-state index in [1.165, 1.54) is 23.3 Å². The normalized spacial score (nSPS) is 24.9. The minimum absolute atomic E-state index is 0.0190. The molecule has 29 heavy (non-hydrogen) atoms.